The van der Waals surface area contributed by atoms with Crippen molar-refractivity contribution in [3.05, 3.63) is 12.8 Å². The highest BCUT2D eigenvalue weighted by Crippen LogP contribution is 1.51. The van der Waals surface area contributed by atoms with Gasteiger partial charge >= 0.3 is 0 Å². The summed E-state index contributed by atoms with van der Waals surface area (Å²) < 4.78 is 0. The van der Waals surface area contributed by atoms with Gasteiger partial charge in [0, 0.05) is 18.0 Å². The van der Waals surface area contributed by atoms with Crippen LogP contribution in [0.5, 0.6) is 0 Å². The van der Waals surface area contributed by atoms with Crippen LogP contribution in [0.15, 0.2) is 12.8 Å². The van der Waals surface area contributed by atoms with Crippen LogP contribution in [0.2, 0.25) is 0 Å². The summed E-state index contributed by atoms with van der Waals surface area (Å²) in [6.45, 7) is 3.24. The molecule has 2 heteroatoms. The van der Waals surface area contributed by atoms with Crippen LogP contribution in [0.3, 0.4) is 0 Å². The number of rotatable bonds is 1. The molecule has 0 saturated carbocycles. The van der Waals surface area contributed by atoms with Crippen LogP contribution in [0.1, 0.15) is 0 Å². The summed E-state index contributed by atoms with van der Waals surface area (Å²) in [6.07, 6.45) is 1.39. The maximum atomic E-state index is 4.82. The Kier molecular flexibility index (Phi) is 2.71. The lowest BCUT2D eigenvalue weighted by Crippen LogP contribution is -1.74. The van der Waals surface area contributed by atoms with Crippen LogP contribution in [0.4, 0.5) is 0 Å². The predicted molar refractivity (Wildman–Crippen MR) is 19.2 cm³/mol. The zero-order chi connectivity index (χ0) is 3.41. The molecule has 0 amide bonds. The highest BCUT2D eigenvalue weighted by molar-refractivity contribution is 6.13. The Balaban J connectivity index is 2.30. The first kappa shape index (κ1) is 3.83. The Morgan fingerprint density at radius 3 is 2.25 bits per heavy atom. The summed E-state index contributed by atoms with van der Waals surface area (Å²) >= 11 is 4.82. The molecule has 0 fully saturated rings. The molecule has 0 atom stereocenters. The minimum Gasteiger partial charge on any atom is -0.306 e. The maximum Gasteiger partial charge on any atom is 0.00940 e. The van der Waals surface area contributed by atoms with Gasteiger partial charge in [0.1, 0.15) is 0 Å². The van der Waals surface area contributed by atoms with E-state index in [0.29, 0.717) is 0 Å². The first-order valence-corrected chi connectivity index (χ1v) is 1.26. The molecule has 0 bridgehead atoms. The van der Waals surface area contributed by atoms with Gasteiger partial charge in [0.05, 0.1) is 0 Å². The van der Waals surface area contributed by atoms with E-state index in [1.54, 1.807) is 0 Å². The maximum absolute atomic E-state index is 4.82. The van der Waals surface area contributed by atoms with Crippen molar-refractivity contribution in [3.63, 3.8) is 0 Å². The van der Waals surface area contributed by atoms with E-state index < -0.39 is 0 Å². The predicted octanol–water partition coefficient (Wildman–Crippen LogP) is 0.873. The van der Waals surface area contributed by atoms with Crippen LogP contribution in [0, 0.1) is 0 Å². The molecule has 0 unspecified atom stereocenters. The van der Waals surface area contributed by atoms with Crippen molar-refractivity contribution < 1.29 is 0 Å². The molecular formula is C2H4ClN. The molecule has 0 heterocycles. The first-order chi connectivity index (χ1) is 1.91. The third-order valence-electron chi connectivity index (χ3n) is 0.0772. The van der Waals surface area contributed by atoms with Gasteiger partial charge in [-0.05, 0) is 0 Å². The fourth-order valence-electron chi connectivity index (χ4n) is 0. The lowest BCUT2D eigenvalue weighted by atomic mass is 11.1. The monoisotopic (exact) mass is 77.0 g/mol. The Morgan fingerprint density at radius 1 is 2.00 bits per heavy atom. The minimum atomic E-state index is 1.39. The largest absolute Gasteiger partial charge is 0.306 e. The molecule has 1 nitrogen and oxygen atoms in total. The Bertz CT molecular complexity index is 20.0. The van der Waals surface area contributed by atoms with Crippen LogP contribution >= 0.6 is 11.8 Å². The third kappa shape index (κ3) is 1.83. The SMILES string of the molecule is C=CNCl. The number of hydrogen-bond donors (Lipinski definition) is 1. The zero-order valence-electron chi connectivity index (χ0n) is 2.16. The summed E-state index contributed by atoms with van der Waals surface area (Å²) in [5, 5.41) is 0. The van der Waals surface area contributed by atoms with Crippen LogP contribution < -0.4 is 4.84 Å². The van der Waals surface area contributed by atoms with E-state index in [9.17, 15) is 0 Å². The zero-order valence-corrected chi connectivity index (χ0v) is 2.92. The van der Waals surface area contributed by atoms with Gasteiger partial charge in [-0.3, -0.25) is 0 Å². The van der Waals surface area contributed by atoms with Crippen molar-refractivity contribution in [2.45, 2.75) is 0 Å². The van der Waals surface area contributed by atoms with E-state index >= 15 is 0 Å². The van der Waals surface area contributed by atoms with E-state index in [4.69, 9.17) is 11.8 Å². The summed E-state index contributed by atoms with van der Waals surface area (Å²) in [4.78, 5) is 2.17. The van der Waals surface area contributed by atoms with Crippen molar-refractivity contribution in [1.29, 1.82) is 0 Å². The Hall–Kier alpha value is -0.170. The van der Waals surface area contributed by atoms with E-state index in [2.05, 4.69) is 11.4 Å². The normalized spacial score (nSPS) is 5.25. The van der Waals surface area contributed by atoms with Gasteiger partial charge in [0.25, 0.3) is 0 Å². The fraction of sp³-hybridized carbons (Fsp3) is 0. The molecular weight excluding hydrogens is 73.5 g/mol. The first-order valence-electron chi connectivity index (χ1n) is 0.886. The average molecular weight is 77.5 g/mol. The molecule has 0 aromatic carbocycles. The molecule has 0 aromatic rings. The highest BCUT2D eigenvalue weighted by Gasteiger charge is 1.39. The molecule has 24 valence electrons. The van der Waals surface area contributed by atoms with Gasteiger partial charge in [-0.15, -0.1) is 0 Å². The van der Waals surface area contributed by atoms with Crippen LogP contribution in [-0.4, -0.2) is 0 Å². The smallest absolute Gasteiger partial charge is 0.00940 e. The standard InChI is InChI=1S/C2H4ClN/c1-2-4-3/h2,4H,1H2. The fourth-order valence-corrected chi connectivity index (χ4v) is 0. The second-order valence-electron chi connectivity index (χ2n) is 0.313. The van der Waals surface area contributed by atoms with Gasteiger partial charge < -0.3 is 4.84 Å². The van der Waals surface area contributed by atoms with Crippen molar-refractivity contribution in [3.8, 4) is 0 Å². The van der Waals surface area contributed by atoms with E-state index in [-0.39, 0.29) is 0 Å². The van der Waals surface area contributed by atoms with Crippen molar-refractivity contribution in [2.75, 3.05) is 0 Å². The lowest BCUT2D eigenvalue weighted by Gasteiger charge is -1.65. The summed E-state index contributed by atoms with van der Waals surface area (Å²) in [7, 11) is 0. The van der Waals surface area contributed by atoms with Gasteiger partial charge in [0.15, 0.2) is 0 Å². The van der Waals surface area contributed by atoms with E-state index in [0.717, 1.165) is 0 Å². The molecule has 0 rings (SSSR count). The molecule has 0 aromatic heterocycles. The van der Waals surface area contributed by atoms with E-state index in [1.807, 2.05) is 0 Å². The summed E-state index contributed by atoms with van der Waals surface area (Å²) in [5.74, 6) is 0. The number of halogens is 1. The van der Waals surface area contributed by atoms with Crippen molar-refractivity contribution in [1.82, 2.24) is 4.84 Å². The van der Waals surface area contributed by atoms with Gasteiger partial charge in [-0.25, -0.2) is 0 Å². The van der Waals surface area contributed by atoms with E-state index in [1.165, 1.54) is 6.20 Å². The molecule has 4 heavy (non-hydrogen) atoms. The molecule has 0 aliphatic carbocycles. The molecule has 0 radical (unpaired) electrons. The topological polar surface area (TPSA) is 12.0 Å². The Morgan fingerprint density at radius 2 is 2.25 bits per heavy atom. The van der Waals surface area contributed by atoms with Crippen molar-refractivity contribution >= 4 is 11.8 Å². The summed E-state index contributed by atoms with van der Waals surface area (Å²) in [6, 6.07) is 0. The number of nitrogens with one attached hydrogen (secondary N) is 1. The lowest BCUT2D eigenvalue weighted by molar-refractivity contribution is 1.41. The third-order valence-corrected chi connectivity index (χ3v) is 0.231. The van der Waals surface area contributed by atoms with Crippen LogP contribution in [0.25, 0.3) is 0 Å². The van der Waals surface area contributed by atoms with Crippen molar-refractivity contribution in [2.24, 2.45) is 0 Å². The second kappa shape index (κ2) is 2.83. The quantitative estimate of drug-likeness (QED) is 0.458. The van der Waals surface area contributed by atoms with Gasteiger partial charge in [0.2, 0.25) is 0 Å². The Labute approximate surface area is 30.4 Å². The average Bonchev–Trinajstić information content (AvgIpc) is 1.37. The number of hydrogen-bond acceptors (Lipinski definition) is 1. The molecule has 0 saturated heterocycles. The molecule has 0 aliphatic rings. The molecule has 0 spiro atoms. The second-order valence-corrected chi connectivity index (χ2v) is 0.531. The van der Waals surface area contributed by atoms with Gasteiger partial charge in [-0.2, -0.15) is 0 Å². The molecule has 0 aliphatic heterocycles. The van der Waals surface area contributed by atoms with Crippen LogP contribution in [-0.2, 0) is 0 Å². The minimum absolute atomic E-state index is 1.39. The highest BCUT2D eigenvalue weighted by atomic mass is 35.5. The summed E-state index contributed by atoms with van der Waals surface area (Å²) in [5.41, 5.74) is 0. The molecule has 1 N–H and O–H groups in total. The van der Waals surface area contributed by atoms with Gasteiger partial charge in [-0.1, -0.05) is 6.58 Å².